The molecular weight excluding hydrogens is 277 g/mol. The van der Waals surface area contributed by atoms with Crippen molar-refractivity contribution in [2.75, 3.05) is 0 Å². The number of hydrogen-bond donors (Lipinski definition) is 0. The van der Waals surface area contributed by atoms with E-state index in [9.17, 15) is 0 Å². The minimum Gasteiger partial charge on any atom is -0.574 e. The molecule has 0 unspecified atom stereocenters. The second-order valence-corrected chi connectivity index (χ2v) is 2.55. The first-order valence-corrected chi connectivity index (χ1v) is 3.98. The van der Waals surface area contributed by atoms with Gasteiger partial charge in [0.05, 0.1) is 5.69 Å². The standard InChI is InChI=1S/C10H8N3.2CH3.Zr/c1-2-4-9(5-3-1)11-8-10-6-7-12-13-10;;;/h1-8H;2*1H3;/q3*-1;+3. The molecule has 0 saturated heterocycles. The molecule has 0 amide bonds. The minimum atomic E-state index is 0. The van der Waals surface area contributed by atoms with E-state index in [-0.39, 0.29) is 41.1 Å². The van der Waals surface area contributed by atoms with Gasteiger partial charge >= 0.3 is 26.2 Å². The van der Waals surface area contributed by atoms with Crippen molar-refractivity contribution in [3.8, 4) is 0 Å². The van der Waals surface area contributed by atoms with Crippen molar-refractivity contribution >= 4 is 11.9 Å². The number of benzene rings is 1. The molecule has 81 valence electrons. The van der Waals surface area contributed by atoms with Crippen LogP contribution in [0.2, 0.25) is 0 Å². The summed E-state index contributed by atoms with van der Waals surface area (Å²) in [5.41, 5.74) is 1.70. The molecule has 4 heteroatoms. The van der Waals surface area contributed by atoms with Gasteiger partial charge in [0.2, 0.25) is 0 Å². The predicted molar refractivity (Wildman–Crippen MR) is 64.1 cm³/mol. The Morgan fingerprint density at radius 1 is 1.06 bits per heavy atom. The first-order chi connectivity index (χ1) is 6.45. The second-order valence-electron chi connectivity index (χ2n) is 2.55. The monoisotopic (exact) mass is 290 g/mol. The number of rotatable bonds is 2. The summed E-state index contributed by atoms with van der Waals surface area (Å²) in [5, 5.41) is 7.53. The Labute approximate surface area is 116 Å². The molecule has 0 atom stereocenters. The average molecular weight is 291 g/mol. The van der Waals surface area contributed by atoms with E-state index in [1.807, 2.05) is 36.4 Å². The molecule has 0 aliphatic carbocycles. The molecule has 3 nitrogen and oxygen atoms in total. The van der Waals surface area contributed by atoms with E-state index in [0.29, 0.717) is 0 Å². The van der Waals surface area contributed by atoms with Crippen LogP contribution in [0.4, 0.5) is 5.69 Å². The summed E-state index contributed by atoms with van der Waals surface area (Å²) < 4.78 is 0. The van der Waals surface area contributed by atoms with E-state index < -0.39 is 0 Å². The van der Waals surface area contributed by atoms with E-state index in [1.165, 1.54) is 0 Å². The molecule has 0 aliphatic heterocycles. The third-order valence-electron chi connectivity index (χ3n) is 1.59. The molecular formula is C12H14N3Zr. The summed E-state index contributed by atoms with van der Waals surface area (Å²) in [6.07, 6.45) is 3.34. The van der Waals surface area contributed by atoms with Crippen molar-refractivity contribution in [3.05, 3.63) is 63.1 Å². The topological polar surface area (TPSA) is 39.4 Å². The average Bonchev–Trinajstić information content (AvgIpc) is 2.69. The molecule has 0 aliphatic rings. The molecule has 0 saturated carbocycles. The largest absolute Gasteiger partial charge is 3.00 e. The number of aliphatic imine (C=N–C) groups is 1. The van der Waals surface area contributed by atoms with Gasteiger partial charge in [0, 0.05) is 12.4 Å². The van der Waals surface area contributed by atoms with Gasteiger partial charge in [-0.2, -0.15) is 0 Å². The molecule has 0 N–H and O–H groups in total. The van der Waals surface area contributed by atoms with Gasteiger partial charge in [-0.25, -0.2) is 0 Å². The van der Waals surface area contributed by atoms with Gasteiger partial charge in [-0.1, -0.05) is 24.3 Å². The van der Waals surface area contributed by atoms with Crippen LogP contribution >= 0.6 is 0 Å². The van der Waals surface area contributed by atoms with Crippen LogP contribution < -0.4 is 5.10 Å². The maximum absolute atomic E-state index is 4.22. The zero-order valence-electron chi connectivity index (χ0n) is 9.46. The molecule has 1 radical (unpaired) electrons. The Hall–Kier alpha value is -1.02. The SMILES string of the molecule is C(=Nc1ccccc1)c1ccn[n-]1.[CH3-].[CH3-].[Zr+3]. The van der Waals surface area contributed by atoms with Gasteiger partial charge < -0.3 is 25.1 Å². The van der Waals surface area contributed by atoms with Gasteiger partial charge in [0.25, 0.3) is 0 Å². The normalized spacial score (nSPS) is 8.75. The Morgan fingerprint density at radius 2 is 1.75 bits per heavy atom. The Balaban J connectivity index is 0. The van der Waals surface area contributed by atoms with E-state index in [2.05, 4.69) is 15.2 Å². The van der Waals surface area contributed by atoms with Crippen LogP contribution in [0.25, 0.3) is 0 Å². The van der Waals surface area contributed by atoms with Crippen LogP contribution in [-0.4, -0.2) is 11.3 Å². The smallest absolute Gasteiger partial charge is 0.574 e. The first-order valence-electron chi connectivity index (χ1n) is 3.98. The van der Waals surface area contributed by atoms with Crippen molar-refractivity contribution < 1.29 is 26.2 Å². The fourth-order valence-corrected chi connectivity index (χ4v) is 0.967. The third kappa shape index (κ3) is 5.17. The number of nitrogens with zero attached hydrogens (tertiary/aromatic N) is 3. The van der Waals surface area contributed by atoms with E-state index >= 15 is 0 Å². The molecule has 0 bridgehead atoms. The molecule has 1 aromatic carbocycles. The molecule has 16 heavy (non-hydrogen) atoms. The van der Waals surface area contributed by atoms with Gasteiger partial charge in [-0.3, -0.25) is 4.99 Å². The van der Waals surface area contributed by atoms with Crippen LogP contribution in [0.15, 0.2) is 47.6 Å². The van der Waals surface area contributed by atoms with Crippen molar-refractivity contribution in [2.24, 2.45) is 4.99 Å². The van der Waals surface area contributed by atoms with E-state index in [1.54, 1.807) is 12.4 Å². The molecule has 2 aromatic rings. The minimum absolute atomic E-state index is 0. The summed E-state index contributed by atoms with van der Waals surface area (Å²) >= 11 is 0. The van der Waals surface area contributed by atoms with Crippen LogP contribution in [0, 0.1) is 14.9 Å². The van der Waals surface area contributed by atoms with Crippen LogP contribution in [0.3, 0.4) is 0 Å². The van der Waals surface area contributed by atoms with E-state index in [4.69, 9.17) is 0 Å². The van der Waals surface area contributed by atoms with Crippen molar-refractivity contribution in [2.45, 2.75) is 0 Å². The molecule has 0 spiro atoms. The Bertz CT molecular complexity index is 382. The number of hydrogen-bond acceptors (Lipinski definition) is 2. The summed E-state index contributed by atoms with van der Waals surface area (Å²) in [6, 6.07) is 11.5. The van der Waals surface area contributed by atoms with Crippen molar-refractivity contribution in [1.29, 1.82) is 0 Å². The molecule has 1 heterocycles. The van der Waals surface area contributed by atoms with Crippen LogP contribution in [0.5, 0.6) is 0 Å². The summed E-state index contributed by atoms with van der Waals surface area (Å²) in [6.45, 7) is 0. The molecule has 1 aromatic heterocycles. The first kappa shape index (κ1) is 17.4. The fraction of sp³-hybridized carbons (Fsp3) is 0. The number of para-hydroxylation sites is 1. The predicted octanol–water partition coefficient (Wildman–Crippen LogP) is 2.69. The van der Waals surface area contributed by atoms with Gasteiger partial charge in [0.1, 0.15) is 0 Å². The zero-order chi connectivity index (χ0) is 8.93. The van der Waals surface area contributed by atoms with Gasteiger partial charge in [-0.15, -0.1) is 5.69 Å². The Kier molecular flexibility index (Phi) is 10.0. The van der Waals surface area contributed by atoms with Crippen molar-refractivity contribution in [3.63, 3.8) is 0 Å². The van der Waals surface area contributed by atoms with Gasteiger partial charge in [-0.05, 0) is 12.1 Å². The second kappa shape index (κ2) is 9.23. The summed E-state index contributed by atoms with van der Waals surface area (Å²) in [4.78, 5) is 4.22. The quantitative estimate of drug-likeness (QED) is 0.630. The zero-order valence-corrected chi connectivity index (χ0v) is 11.9. The molecule has 0 fully saturated rings. The molecule has 2 rings (SSSR count). The van der Waals surface area contributed by atoms with Gasteiger partial charge in [0.15, 0.2) is 0 Å². The maximum atomic E-state index is 4.22. The van der Waals surface area contributed by atoms with Crippen LogP contribution in [0.1, 0.15) is 5.69 Å². The summed E-state index contributed by atoms with van der Waals surface area (Å²) in [7, 11) is 0. The maximum Gasteiger partial charge on any atom is 3.00 e. The summed E-state index contributed by atoms with van der Waals surface area (Å²) in [5.74, 6) is 0. The van der Waals surface area contributed by atoms with Crippen molar-refractivity contribution in [1.82, 2.24) is 10.2 Å². The van der Waals surface area contributed by atoms with E-state index in [0.717, 1.165) is 11.4 Å². The third-order valence-corrected chi connectivity index (χ3v) is 1.59. The van der Waals surface area contributed by atoms with Crippen LogP contribution in [-0.2, 0) is 26.2 Å². The number of aromatic nitrogens is 2. The Morgan fingerprint density at radius 3 is 2.31 bits per heavy atom. The fourth-order valence-electron chi connectivity index (χ4n) is 0.967.